The molecular formula is C19H22N2O5. The van der Waals surface area contributed by atoms with Crippen LogP contribution in [0.5, 0.6) is 0 Å². The van der Waals surface area contributed by atoms with Gasteiger partial charge in [0, 0.05) is 12.2 Å². The fourth-order valence-electron chi connectivity index (χ4n) is 2.54. The maximum Gasteiger partial charge on any atom is 0.308 e. The van der Waals surface area contributed by atoms with Crippen molar-refractivity contribution in [3.8, 4) is 0 Å². The Kier molecular flexibility index (Phi) is 6.54. The first-order chi connectivity index (χ1) is 12.4. The highest BCUT2D eigenvalue weighted by atomic mass is 16.5. The van der Waals surface area contributed by atoms with Gasteiger partial charge in [0.25, 0.3) is 11.8 Å². The highest BCUT2D eigenvalue weighted by Crippen LogP contribution is 2.21. The van der Waals surface area contributed by atoms with E-state index in [0.717, 1.165) is 22.4 Å². The van der Waals surface area contributed by atoms with Crippen LogP contribution in [-0.2, 0) is 14.3 Å². The third-order valence-electron chi connectivity index (χ3n) is 3.67. The Morgan fingerprint density at radius 1 is 1.12 bits per heavy atom. The van der Waals surface area contributed by atoms with Gasteiger partial charge in [0.1, 0.15) is 0 Å². The molecule has 1 aromatic heterocycles. The van der Waals surface area contributed by atoms with Gasteiger partial charge in [-0.1, -0.05) is 17.7 Å². The number of carbonyl (C=O) groups is 3. The van der Waals surface area contributed by atoms with Crippen LogP contribution in [0, 0.1) is 20.8 Å². The summed E-state index contributed by atoms with van der Waals surface area (Å²) in [5.41, 5.74) is 3.73. The van der Waals surface area contributed by atoms with E-state index in [1.165, 1.54) is 12.3 Å². The quantitative estimate of drug-likeness (QED) is 0.741. The number of furan rings is 1. The van der Waals surface area contributed by atoms with Crippen molar-refractivity contribution in [1.29, 1.82) is 0 Å². The van der Waals surface area contributed by atoms with Crippen LogP contribution in [0.25, 0.3) is 0 Å². The van der Waals surface area contributed by atoms with Gasteiger partial charge >= 0.3 is 5.97 Å². The normalized spacial score (nSPS) is 10.3. The average molecular weight is 358 g/mol. The van der Waals surface area contributed by atoms with Gasteiger partial charge in [-0.05, 0) is 44.0 Å². The zero-order chi connectivity index (χ0) is 19.1. The van der Waals surface area contributed by atoms with Crippen LogP contribution in [0.1, 0.15) is 33.7 Å². The summed E-state index contributed by atoms with van der Waals surface area (Å²) in [6.45, 7) is 5.51. The number of esters is 1. The number of aryl methyl sites for hydroxylation is 3. The number of anilines is 1. The third kappa shape index (κ3) is 5.47. The van der Waals surface area contributed by atoms with Gasteiger partial charge in [0.05, 0.1) is 12.7 Å². The summed E-state index contributed by atoms with van der Waals surface area (Å²) < 4.78 is 9.86. The highest BCUT2D eigenvalue weighted by Gasteiger charge is 2.12. The van der Waals surface area contributed by atoms with Crippen molar-refractivity contribution in [2.75, 3.05) is 18.5 Å². The minimum atomic E-state index is -0.572. The van der Waals surface area contributed by atoms with Crippen molar-refractivity contribution in [2.45, 2.75) is 27.2 Å². The number of benzene rings is 1. The molecule has 0 unspecified atom stereocenters. The second kappa shape index (κ2) is 8.84. The molecule has 1 heterocycles. The number of rotatable bonds is 7. The fraction of sp³-hybridized carbons (Fsp3) is 0.316. The molecule has 0 spiro atoms. The molecule has 2 N–H and O–H groups in total. The van der Waals surface area contributed by atoms with E-state index in [0.29, 0.717) is 0 Å². The smallest absolute Gasteiger partial charge is 0.308 e. The van der Waals surface area contributed by atoms with Crippen molar-refractivity contribution >= 4 is 23.5 Å². The van der Waals surface area contributed by atoms with Gasteiger partial charge in [0.2, 0.25) is 0 Å². The molecule has 0 bridgehead atoms. The van der Waals surface area contributed by atoms with Gasteiger partial charge in [-0.15, -0.1) is 0 Å². The molecule has 2 aromatic rings. The zero-order valence-electron chi connectivity index (χ0n) is 15.0. The molecule has 2 amide bonds. The van der Waals surface area contributed by atoms with Crippen LogP contribution in [0.3, 0.4) is 0 Å². The van der Waals surface area contributed by atoms with Crippen LogP contribution in [0.4, 0.5) is 5.69 Å². The number of ether oxygens (including phenoxy) is 1. The number of hydrogen-bond acceptors (Lipinski definition) is 5. The average Bonchev–Trinajstić information content (AvgIpc) is 3.11. The van der Waals surface area contributed by atoms with E-state index in [2.05, 4.69) is 10.6 Å². The molecule has 0 aliphatic heterocycles. The lowest BCUT2D eigenvalue weighted by Gasteiger charge is -2.13. The Morgan fingerprint density at radius 2 is 1.81 bits per heavy atom. The van der Waals surface area contributed by atoms with Crippen molar-refractivity contribution in [2.24, 2.45) is 0 Å². The largest absolute Gasteiger partial charge is 0.459 e. The van der Waals surface area contributed by atoms with Crippen LogP contribution in [0.15, 0.2) is 34.9 Å². The molecule has 2 rings (SSSR count). The Morgan fingerprint density at radius 3 is 2.42 bits per heavy atom. The lowest BCUT2D eigenvalue weighted by Crippen LogP contribution is -2.27. The van der Waals surface area contributed by atoms with Gasteiger partial charge < -0.3 is 19.8 Å². The Hall–Kier alpha value is -3.09. The maximum absolute atomic E-state index is 12.0. The molecule has 0 aliphatic carbocycles. The molecule has 0 radical (unpaired) electrons. The summed E-state index contributed by atoms with van der Waals surface area (Å²) in [7, 11) is 0. The minimum Gasteiger partial charge on any atom is -0.459 e. The Bertz CT molecular complexity index is 773. The van der Waals surface area contributed by atoms with E-state index in [9.17, 15) is 14.4 Å². The fourth-order valence-corrected chi connectivity index (χ4v) is 2.54. The predicted octanol–water partition coefficient (Wildman–Crippen LogP) is 2.51. The predicted molar refractivity (Wildman–Crippen MR) is 95.9 cm³/mol. The molecule has 1 aromatic carbocycles. The van der Waals surface area contributed by atoms with Crippen LogP contribution in [0.2, 0.25) is 0 Å². The molecule has 0 atom stereocenters. The highest BCUT2D eigenvalue weighted by molar-refractivity contribution is 5.94. The Labute approximate surface area is 151 Å². The van der Waals surface area contributed by atoms with Gasteiger partial charge in [0.15, 0.2) is 12.4 Å². The van der Waals surface area contributed by atoms with Crippen LogP contribution < -0.4 is 10.6 Å². The van der Waals surface area contributed by atoms with Crippen LogP contribution >= 0.6 is 0 Å². The lowest BCUT2D eigenvalue weighted by atomic mass is 10.1. The first-order valence-electron chi connectivity index (χ1n) is 8.22. The third-order valence-corrected chi connectivity index (χ3v) is 3.67. The summed E-state index contributed by atoms with van der Waals surface area (Å²) in [6, 6.07) is 7.05. The lowest BCUT2D eigenvalue weighted by molar-refractivity contribution is -0.147. The van der Waals surface area contributed by atoms with Crippen molar-refractivity contribution in [3.05, 3.63) is 53.0 Å². The SMILES string of the molecule is Cc1cc(C)c(NC(=O)COC(=O)CCNC(=O)c2ccco2)c(C)c1. The molecular weight excluding hydrogens is 336 g/mol. The van der Waals surface area contributed by atoms with E-state index in [1.807, 2.05) is 32.9 Å². The molecule has 138 valence electrons. The van der Waals surface area contributed by atoms with E-state index in [1.54, 1.807) is 6.07 Å². The minimum absolute atomic E-state index is 0.0394. The maximum atomic E-state index is 12.0. The van der Waals surface area contributed by atoms with Crippen molar-refractivity contribution in [1.82, 2.24) is 5.32 Å². The first kappa shape index (κ1) is 19.2. The summed E-state index contributed by atoms with van der Waals surface area (Å²) in [5, 5.41) is 5.29. The first-order valence-corrected chi connectivity index (χ1v) is 8.22. The van der Waals surface area contributed by atoms with Crippen LogP contribution in [-0.4, -0.2) is 30.9 Å². The van der Waals surface area contributed by atoms with E-state index in [-0.39, 0.29) is 25.3 Å². The van der Waals surface area contributed by atoms with E-state index in [4.69, 9.17) is 9.15 Å². The van der Waals surface area contributed by atoms with Gasteiger partial charge in [-0.3, -0.25) is 14.4 Å². The van der Waals surface area contributed by atoms with E-state index >= 15 is 0 Å². The number of hydrogen-bond donors (Lipinski definition) is 2. The summed E-state index contributed by atoms with van der Waals surface area (Å²) >= 11 is 0. The molecule has 0 saturated heterocycles. The summed E-state index contributed by atoms with van der Waals surface area (Å²) in [5.74, 6) is -1.22. The second-order valence-corrected chi connectivity index (χ2v) is 5.97. The standard InChI is InChI=1S/C19H22N2O5/c1-12-9-13(2)18(14(3)10-12)21-16(22)11-26-17(23)6-7-20-19(24)15-5-4-8-25-15/h4-5,8-10H,6-7,11H2,1-3H3,(H,20,24)(H,21,22). The van der Waals surface area contributed by atoms with Crippen molar-refractivity contribution in [3.63, 3.8) is 0 Å². The zero-order valence-corrected chi connectivity index (χ0v) is 15.0. The summed E-state index contributed by atoms with van der Waals surface area (Å²) in [6.07, 6.45) is 1.35. The van der Waals surface area contributed by atoms with Crippen molar-refractivity contribution < 1.29 is 23.5 Å². The second-order valence-electron chi connectivity index (χ2n) is 5.97. The molecule has 7 heteroatoms. The topological polar surface area (TPSA) is 97.6 Å². The Balaban J connectivity index is 1.72. The molecule has 7 nitrogen and oxygen atoms in total. The monoisotopic (exact) mass is 358 g/mol. The summed E-state index contributed by atoms with van der Waals surface area (Å²) in [4.78, 5) is 35.3. The molecule has 0 saturated carbocycles. The molecule has 0 aliphatic rings. The molecule has 26 heavy (non-hydrogen) atoms. The molecule has 0 fully saturated rings. The number of nitrogens with one attached hydrogen (secondary N) is 2. The van der Waals surface area contributed by atoms with Gasteiger partial charge in [-0.2, -0.15) is 0 Å². The van der Waals surface area contributed by atoms with Gasteiger partial charge in [-0.25, -0.2) is 0 Å². The van der Waals surface area contributed by atoms with E-state index < -0.39 is 17.8 Å². The number of carbonyl (C=O) groups excluding carboxylic acids is 3. The number of amides is 2.